The van der Waals surface area contributed by atoms with Gasteiger partial charge in [0.15, 0.2) is 6.10 Å². The summed E-state index contributed by atoms with van der Waals surface area (Å²) in [5, 5.41) is 9.04. The molecule has 1 unspecified atom stereocenters. The third-order valence-electron chi connectivity index (χ3n) is 3.01. The van der Waals surface area contributed by atoms with Gasteiger partial charge in [-0.1, -0.05) is 17.7 Å². The van der Waals surface area contributed by atoms with E-state index < -0.39 is 22.1 Å². The number of sulfonamides is 1. The summed E-state index contributed by atoms with van der Waals surface area (Å²) in [7, 11) is -3.82. The molecule has 0 radical (unpaired) electrons. The quantitative estimate of drug-likeness (QED) is 0.902. The summed E-state index contributed by atoms with van der Waals surface area (Å²) in [4.78, 5) is 10.9. The van der Waals surface area contributed by atoms with Crippen LogP contribution in [0, 0.1) is 6.92 Å². The minimum atomic E-state index is -3.82. The number of carboxylic acids is 1. The molecule has 1 aromatic carbocycles. The summed E-state index contributed by atoms with van der Waals surface area (Å²) in [5.41, 5.74) is 0.760. The van der Waals surface area contributed by atoms with E-state index in [0.717, 1.165) is 9.87 Å². The molecule has 1 heterocycles. The molecule has 0 saturated carbocycles. The molecule has 6 nitrogen and oxygen atoms in total. The van der Waals surface area contributed by atoms with Gasteiger partial charge in [0.1, 0.15) is 4.90 Å². The molecule has 1 aliphatic rings. The van der Waals surface area contributed by atoms with E-state index in [2.05, 4.69) is 0 Å². The molecule has 1 atom stereocenters. The summed E-state index contributed by atoms with van der Waals surface area (Å²) in [6.45, 7) is 1.69. The van der Waals surface area contributed by atoms with Crippen LogP contribution < -0.4 is 0 Å². The van der Waals surface area contributed by atoms with Crippen LogP contribution in [0.3, 0.4) is 0 Å². The van der Waals surface area contributed by atoms with Crippen molar-refractivity contribution in [3.8, 4) is 0 Å². The number of aliphatic carboxylic acids is 1. The Kier molecular flexibility index (Phi) is 4.33. The van der Waals surface area contributed by atoms with Crippen LogP contribution in [0.2, 0.25) is 5.02 Å². The van der Waals surface area contributed by atoms with Gasteiger partial charge in [0.2, 0.25) is 10.0 Å². The zero-order chi connectivity index (χ0) is 14.9. The number of hydrogen-bond donors (Lipinski definition) is 1. The van der Waals surface area contributed by atoms with E-state index in [0.29, 0.717) is 0 Å². The summed E-state index contributed by atoms with van der Waals surface area (Å²) in [6.07, 6.45) is -1.15. The second kappa shape index (κ2) is 5.69. The first-order valence-corrected chi connectivity index (χ1v) is 7.75. The van der Waals surface area contributed by atoms with Crippen LogP contribution in [0.4, 0.5) is 0 Å². The topological polar surface area (TPSA) is 83.9 Å². The lowest BCUT2D eigenvalue weighted by molar-refractivity contribution is -0.153. The highest BCUT2D eigenvalue weighted by Crippen LogP contribution is 2.26. The molecule has 1 aromatic rings. The summed E-state index contributed by atoms with van der Waals surface area (Å²) < 4.78 is 31.2. The van der Waals surface area contributed by atoms with Crippen LogP contribution in [-0.2, 0) is 19.6 Å². The predicted octanol–water partition coefficient (Wildman–Crippen LogP) is 1.12. The van der Waals surface area contributed by atoms with Crippen molar-refractivity contribution >= 4 is 27.6 Å². The second-order valence-corrected chi connectivity index (χ2v) is 6.81. The van der Waals surface area contributed by atoms with E-state index >= 15 is 0 Å². The summed E-state index contributed by atoms with van der Waals surface area (Å²) in [5.74, 6) is -1.18. The highest BCUT2D eigenvalue weighted by Gasteiger charge is 2.34. The third kappa shape index (κ3) is 2.95. The zero-order valence-corrected chi connectivity index (χ0v) is 12.3. The zero-order valence-electron chi connectivity index (χ0n) is 10.7. The number of hydrogen-bond acceptors (Lipinski definition) is 4. The minimum absolute atomic E-state index is 0.00907. The van der Waals surface area contributed by atoms with Crippen molar-refractivity contribution < 1.29 is 23.1 Å². The van der Waals surface area contributed by atoms with Crippen LogP contribution in [0.25, 0.3) is 0 Å². The minimum Gasteiger partial charge on any atom is -0.479 e. The molecule has 0 spiro atoms. The van der Waals surface area contributed by atoms with Crippen LogP contribution in [0.5, 0.6) is 0 Å². The Balaban J connectivity index is 2.35. The van der Waals surface area contributed by atoms with E-state index in [9.17, 15) is 13.2 Å². The number of benzene rings is 1. The fraction of sp³-hybridized carbons (Fsp3) is 0.417. The van der Waals surface area contributed by atoms with Crippen molar-refractivity contribution in [3.05, 3.63) is 28.8 Å². The lowest BCUT2D eigenvalue weighted by Gasteiger charge is -2.30. The van der Waals surface area contributed by atoms with E-state index in [1.807, 2.05) is 0 Å². The van der Waals surface area contributed by atoms with Gasteiger partial charge < -0.3 is 9.84 Å². The normalized spacial score (nSPS) is 20.8. The number of aryl methyl sites for hydroxylation is 1. The van der Waals surface area contributed by atoms with Gasteiger partial charge in [-0.2, -0.15) is 4.31 Å². The average Bonchev–Trinajstić information content (AvgIpc) is 2.41. The lowest BCUT2D eigenvalue weighted by Crippen LogP contribution is -2.48. The average molecular weight is 320 g/mol. The van der Waals surface area contributed by atoms with Gasteiger partial charge in [-0.3, -0.25) is 0 Å². The van der Waals surface area contributed by atoms with Gasteiger partial charge in [0.05, 0.1) is 18.2 Å². The first-order valence-electron chi connectivity index (χ1n) is 5.93. The molecule has 1 aliphatic heterocycles. The van der Waals surface area contributed by atoms with E-state index in [1.54, 1.807) is 13.0 Å². The van der Waals surface area contributed by atoms with Crippen molar-refractivity contribution in [1.29, 1.82) is 0 Å². The van der Waals surface area contributed by atoms with E-state index in [-0.39, 0.29) is 29.6 Å². The molecule has 110 valence electrons. The van der Waals surface area contributed by atoms with Gasteiger partial charge in [-0.15, -0.1) is 0 Å². The highest BCUT2D eigenvalue weighted by molar-refractivity contribution is 7.89. The molecule has 1 saturated heterocycles. The monoisotopic (exact) mass is 319 g/mol. The molecular weight excluding hydrogens is 306 g/mol. The second-order valence-electron chi connectivity index (χ2n) is 4.49. The standard InChI is InChI=1S/C12H14ClNO5S/c1-8-2-3-9(13)11(6-8)20(17,18)14-4-5-19-10(7-14)12(15)16/h2-3,6,10H,4-5,7H2,1H3,(H,15,16). The van der Waals surface area contributed by atoms with Gasteiger partial charge in [-0.25, -0.2) is 13.2 Å². The molecule has 0 bridgehead atoms. The Labute approximate surface area is 122 Å². The lowest BCUT2D eigenvalue weighted by atomic mass is 10.2. The number of carbonyl (C=O) groups is 1. The van der Waals surface area contributed by atoms with Crippen LogP contribution >= 0.6 is 11.6 Å². The van der Waals surface area contributed by atoms with E-state index in [1.165, 1.54) is 12.1 Å². The number of carboxylic acid groups (broad SMARTS) is 1. The smallest absolute Gasteiger partial charge is 0.334 e. The van der Waals surface area contributed by atoms with Crippen molar-refractivity contribution in [2.45, 2.75) is 17.9 Å². The number of ether oxygens (including phenoxy) is 1. The number of morpholine rings is 1. The molecule has 1 fully saturated rings. The Hall–Kier alpha value is -1.15. The molecule has 2 rings (SSSR count). The maximum absolute atomic E-state index is 12.5. The Morgan fingerprint density at radius 1 is 1.50 bits per heavy atom. The molecule has 0 aliphatic carbocycles. The predicted molar refractivity (Wildman–Crippen MR) is 72.3 cm³/mol. The Morgan fingerprint density at radius 3 is 2.85 bits per heavy atom. The first-order chi connectivity index (χ1) is 9.32. The maximum atomic E-state index is 12.5. The van der Waals surface area contributed by atoms with Gasteiger partial charge >= 0.3 is 5.97 Å². The first kappa shape index (κ1) is 15.2. The Morgan fingerprint density at radius 2 is 2.20 bits per heavy atom. The molecule has 1 N–H and O–H groups in total. The van der Waals surface area contributed by atoms with Crippen LogP contribution in [0.1, 0.15) is 5.56 Å². The SMILES string of the molecule is Cc1ccc(Cl)c(S(=O)(=O)N2CCOC(C(=O)O)C2)c1. The summed E-state index contributed by atoms with van der Waals surface area (Å²) >= 11 is 5.95. The van der Waals surface area contributed by atoms with Crippen molar-refractivity contribution in [2.24, 2.45) is 0 Å². The third-order valence-corrected chi connectivity index (χ3v) is 5.36. The van der Waals surface area contributed by atoms with Gasteiger partial charge in [0.25, 0.3) is 0 Å². The number of rotatable bonds is 3. The fourth-order valence-electron chi connectivity index (χ4n) is 1.94. The molecular formula is C12H14ClNO5S. The molecule has 0 amide bonds. The van der Waals surface area contributed by atoms with Crippen LogP contribution in [0.15, 0.2) is 23.1 Å². The summed E-state index contributed by atoms with van der Waals surface area (Å²) in [6, 6.07) is 4.70. The Bertz CT molecular complexity index is 631. The number of halogens is 1. The molecule has 0 aromatic heterocycles. The van der Waals surface area contributed by atoms with Crippen molar-refractivity contribution in [3.63, 3.8) is 0 Å². The van der Waals surface area contributed by atoms with Crippen molar-refractivity contribution in [1.82, 2.24) is 4.31 Å². The largest absolute Gasteiger partial charge is 0.479 e. The van der Waals surface area contributed by atoms with Crippen molar-refractivity contribution in [2.75, 3.05) is 19.7 Å². The number of nitrogens with zero attached hydrogens (tertiary/aromatic N) is 1. The maximum Gasteiger partial charge on any atom is 0.334 e. The van der Waals surface area contributed by atoms with E-state index in [4.69, 9.17) is 21.4 Å². The molecule has 8 heteroatoms. The van der Waals surface area contributed by atoms with Gasteiger partial charge in [0, 0.05) is 6.54 Å². The van der Waals surface area contributed by atoms with Crippen LogP contribution in [-0.4, -0.2) is 49.6 Å². The van der Waals surface area contributed by atoms with Gasteiger partial charge in [-0.05, 0) is 24.6 Å². The highest BCUT2D eigenvalue weighted by atomic mass is 35.5. The fourth-order valence-corrected chi connectivity index (χ4v) is 3.92. The molecule has 20 heavy (non-hydrogen) atoms.